The summed E-state index contributed by atoms with van der Waals surface area (Å²) in [6.45, 7) is 0.722. The summed E-state index contributed by atoms with van der Waals surface area (Å²) < 4.78 is 9.82. The number of rotatable bonds is 9. The molecule has 6 heteroatoms. The van der Waals surface area contributed by atoms with Gasteiger partial charge in [-0.15, -0.1) is 0 Å². The second kappa shape index (κ2) is 7.24. The number of ether oxygens (including phenoxy) is 2. The van der Waals surface area contributed by atoms with Crippen molar-refractivity contribution < 1.29 is 19.1 Å². The van der Waals surface area contributed by atoms with Crippen molar-refractivity contribution in [2.24, 2.45) is 11.7 Å². The summed E-state index contributed by atoms with van der Waals surface area (Å²) in [6, 6.07) is -0.568. The average Bonchev–Trinajstić information content (AvgIpc) is 3.07. The lowest BCUT2D eigenvalue weighted by Crippen LogP contribution is -2.46. The molecule has 2 amide bonds. The SMILES string of the molecule is COCCOCC(=O)N[C@@H](CC1CC1)C(N)=O. The van der Waals surface area contributed by atoms with Crippen LogP contribution in [0.25, 0.3) is 0 Å². The average molecular weight is 244 g/mol. The summed E-state index contributed by atoms with van der Waals surface area (Å²) in [7, 11) is 1.56. The number of methoxy groups -OCH3 is 1. The molecule has 0 aliphatic heterocycles. The maximum absolute atomic E-state index is 11.4. The van der Waals surface area contributed by atoms with E-state index in [1.807, 2.05) is 0 Å². The van der Waals surface area contributed by atoms with Gasteiger partial charge in [-0.3, -0.25) is 9.59 Å². The van der Waals surface area contributed by atoms with Gasteiger partial charge in [-0.1, -0.05) is 12.8 Å². The van der Waals surface area contributed by atoms with Crippen LogP contribution in [0.1, 0.15) is 19.3 Å². The summed E-state index contributed by atoms with van der Waals surface area (Å²) in [5.74, 6) is -0.269. The third kappa shape index (κ3) is 6.23. The molecule has 1 aliphatic carbocycles. The molecular weight excluding hydrogens is 224 g/mol. The Balaban J connectivity index is 2.18. The maximum atomic E-state index is 11.4. The largest absolute Gasteiger partial charge is 0.382 e. The molecule has 1 fully saturated rings. The molecule has 0 bridgehead atoms. The van der Waals surface area contributed by atoms with E-state index >= 15 is 0 Å². The zero-order valence-corrected chi connectivity index (χ0v) is 10.1. The van der Waals surface area contributed by atoms with Crippen LogP contribution in [0.2, 0.25) is 0 Å². The summed E-state index contributed by atoms with van der Waals surface area (Å²) in [6.07, 6.45) is 2.87. The van der Waals surface area contributed by atoms with Gasteiger partial charge >= 0.3 is 0 Å². The van der Waals surface area contributed by atoms with E-state index in [1.165, 1.54) is 0 Å². The Labute approximate surface area is 101 Å². The standard InChI is InChI=1S/C11H20N2O4/c1-16-4-5-17-7-10(14)13-9(11(12)15)6-8-2-3-8/h8-9H,2-7H2,1H3,(H2,12,15)(H,13,14)/t9-/m0/s1. The van der Waals surface area contributed by atoms with Gasteiger partial charge in [0.05, 0.1) is 13.2 Å². The number of primary amides is 1. The van der Waals surface area contributed by atoms with E-state index in [0.29, 0.717) is 25.6 Å². The van der Waals surface area contributed by atoms with E-state index in [0.717, 1.165) is 12.8 Å². The molecule has 17 heavy (non-hydrogen) atoms. The van der Waals surface area contributed by atoms with Crippen LogP contribution in [-0.4, -0.2) is 44.8 Å². The molecule has 0 aromatic rings. The van der Waals surface area contributed by atoms with E-state index < -0.39 is 11.9 Å². The van der Waals surface area contributed by atoms with E-state index in [-0.39, 0.29) is 12.5 Å². The Bertz CT molecular complexity index is 266. The van der Waals surface area contributed by atoms with E-state index in [2.05, 4.69) is 5.32 Å². The van der Waals surface area contributed by atoms with Crippen molar-refractivity contribution in [3.05, 3.63) is 0 Å². The number of hydrogen-bond donors (Lipinski definition) is 2. The van der Waals surface area contributed by atoms with Crippen LogP contribution in [0.3, 0.4) is 0 Å². The lowest BCUT2D eigenvalue weighted by atomic mass is 10.1. The van der Waals surface area contributed by atoms with Gasteiger partial charge in [0.25, 0.3) is 0 Å². The van der Waals surface area contributed by atoms with Crippen molar-refractivity contribution in [2.45, 2.75) is 25.3 Å². The van der Waals surface area contributed by atoms with E-state index in [9.17, 15) is 9.59 Å². The molecule has 6 nitrogen and oxygen atoms in total. The first-order valence-electron chi connectivity index (χ1n) is 5.79. The Morgan fingerprint density at radius 3 is 2.65 bits per heavy atom. The molecule has 98 valence electrons. The van der Waals surface area contributed by atoms with Gasteiger partial charge in [0.2, 0.25) is 11.8 Å². The van der Waals surface area contributed by atoms with Crippen LogP contribution in [0.5, 0.6) is 0 Å². The maximum Gasteiger partial charge on any atom is 0.246 e. The molecule has 0 heterocycles. The first kappa shape index (κ1) is 13.9. The molecule has 0 saturated heterocycles. The van der Waals surface area contributed by atoms with Crippen molar-refractivity contribution in [1.29, 1.82) is 0 Å². The highest BCUT2D eigenvalue weighted by Crippen LogP contribution is 2.33. The van der Waals surface area contributed by atoms with Crippen molar-refractivity contribution in [3.8, 4) is 0 Å². The smallest absolute Gasteiger partial charge is 0.246 e. The highest BCUT2D eigenvalue weighted by Gasteiger charge is 2.29. The van der Waals surface area contributed by atoms with E-state index in [4.69, 9.17) is 15.2 Å². The van der Waals surface area contributed by atoms with Crippen LogP contribution in [0.15, 0.2) is 0 Å². The van der Waals surface area contributed by atoms with Crippen molar-refractivity contribution in [1.82, 2.24) is 5.32 Å². The molecular formula is C11H20N2O4. The third-order valence-corrected chi connectivity index (χ3v) is 2.61. The number of carbonyl (C=O) groups is 2. The number of nitrogens with two attached hydrogens (primary N) is 1. The Morgan fingerprint density at radius 2 is 2.12 bits per heavy atom. The molecule has 1 aliphatic rings. The van der Waals surface area contributed by atoms with Gasteiger partial charge in [-0.2, -0.15) is 0 Å². The monoisotopic (exact) mass is 244 g/mol. The molecule has 1 saturated carbocycles. The molecule has 1 atom stereocenters. The summed E-state index contributed by atoms with van der Waals surface area (Å²) in [5.41, 5.74) is 5.22. The molecule has 0 radical (unpaired) electrons. The minimum Gasteiger partial charge on any atom is -0.382 e. The van der Waals surface area contributed by atoms with Gasteiger partial charge in [0, 0.05) is 7.11 Å². The molecule has 1 rings (SSSR count). The number of nitrogens with one attached hydrogen (secondary N) is 1. The predicted octanol–water partition coefficient (Wildman–Crippen LogP) is -0.580. The number of hydrogen-bond acceptors (Lipinski definition) is 4. The normalized spacial score (nSPS) is 16.5. The molecule has 0 aromatic carbocycles. The number of amides is 2. The fraction of sp³-hybridized carbons (Fsp3) is 0.818. The second-order valence-electron chi connectivity index (χ2n) is 4.25. The highest BCUT2D eigenvalue weighted by molar-refractivity contribution is 5.87. The van der Waals surface area contributed by atoms with Crippen LogP contribution in [0.4, 0.5) is 0 Å². The number of carbonyl (C=O) groups excluding carboxylic acids is 2. The Morgan fingerprint density at radius 1 is 1.41 bits per heavy atom. The fourth-order valence-corrected chi connectivity index (χ4v) is 1.48. The van der Waals surface area contributed by atoms with Crippen LogP contribution >= 0.6 is 0 Å². The second-order valence-corrected chi connectivity index (χ2v) is 4.25. The van der Waals surface area contributed by atoms with Gasteiger partial charge in [-0.25, -0.2) is 0 Å². The quantitative estimate of drug-likeness (QED) is 0.531. The van der Waals surface area contributed by atoms with Gasteiger partial charge in [0.1, 0.15) is 12.6 Å². The first-order valence-corrected chi connectivity index (χ1v) is 5.79. The van der Waals surface area contributed by atoms with Crippen LogP contribution < -0.4 is 11.1 Å². The molecule has 0 spiro atoms. The van der Waals surface area contributed by atoms with Gasteiger partial charge < -0.3 is 20.5 Å². The van der Waals surface area contributed by atoms with Crippen molar-refractivity contribution in [3.63, 3.8) is 0 Å². The summed E-state index contributed by atoms with van der Waals surface area (Å²) in [5, 5.41) is 2.59. The predicted molar refractivity (Wildman–Crippen MR) is 61.2 cm³/mol. The van der Waals surface area contributed by atoms with Crippen LogP contribution in [0, 0.1) is 5.92 Å². The third-order valence-electron chi connectivity index (χ3n) is 2.61. The zero-order chi connectivity index (χ0) is 12.7. The van der Waals surface area contributed by atoms with Crippen molar-refractivity contribution >= 4 is 11.8 Å². The lowest BCUT2D eigenvalue weighted by Gasteiger charge is -2.14. The van der Waals surface area contributed by atoms with Gasteiger partial charge in [-0.05, 0) is 12.3 Å². The molecule has 0 aromatic heterocycles. The lowest BCUT2D eigenvalue weighted by molar-refractivity contribution is -0.130. The first-order chi connectivity index (χ1) is 8.13. The summed E-state index contributed by atoms with van der Waals surface area (Å²) in [4.78, 5) is 22.6. The zero-order valence-electron chi connectivity index (χ0n) is 10.1. The van der Waals surface area contributed by atoms with Crippen LogP contribution in [-0.2, 0) is 19.1 Å². The minimum atomic E-state index is -0.568. The van der Waals surface area contributed by atoms with Gasteiger partial charge in [0.15, 0.2) is 0 Å². The minimum absolute atomic E-state index is 0.0716. The Hall–Kier alpha value is -1.14. The molecule has 0 unspecified atom stereocenters. The summed E-state index contributed by atoms with van der Waals surface area (Å²) >= 11 is 0. The Kier molecular flexibility index (Phi) is 5.93. The molecule has 3 N–H and O–H groups in total. The van der Waals surface area contributed by atoms with Crippen molar-refractivity contribution in [2.75, 3.05) is 26.9 Å². The van der Waals surface area contributed by atoms with E-state index in [1.54, 1.807) is 7.11 Å². The topological polar surface area (TPSA) is 90.7 Å². The highest BCUT2D eigenvalue weighted by atomic mass is 16.5. The fourth-order valence-electron chi connectivity index (χ4n) is 1.48.